The highest BCUT2D eigenvalue weighted by atomic mass is 35.5. The summed E-state index contributed by atoms with van der Waals surface area (Å²) in [6.45, 7) is 0. The van der Waals surface area contributed by atoms with Gasteiger partial charge in [0.2, 0.25) is 5.78 Å². The maximum absolute atomic E-state index is 12.2. The van der Waals surface area contributed by atoms with Gasteiger partial charge in [0.1, 0.15) is 0 Å². The number of anilines is 1. The Morgan fingerprint density at radius 3 is 2.92 bits per heavy atom. The van der Waals surface area contributed by atoms with E-state index in [0.717, 1.165) is 11.3 Å². The predicted molar refractivity (Wildman–Crippen MR) is 95.7 cm³/mol. The van der Waals surface area contributed by atoms with Crippen LogP contribution in [0.15, 0.2) is 61.1 Å². The summed E-state index contributed by atoms with van der Waals surface area (Å²) >= 11 is 7.12. The largest absolute Gasteiger partial charge is 0.321 e. The Kier molecular flexibility index (Phi) is 3.76. The molecule has 0 unspecified atom stereocenters. The van der Waals surface area contributed by atoms with E-state index in [-0.39, 0.29) is 5.91 Å². The highest BCUT2D eigenvalue weighted by Gasteiger charge is 2.10. The average molecular weight is 355 g/mol. The summed E-state index contributed by atoms with van der Waals surface area (Å²) in [5, 5.41) is 2.88. The molecule has 4 aromatic rings. The summed E-state index contributed by atoms with van der Waals surface area (Å²) in [6, 6.07) is 12.8. The fraction of sp³-hybridized carbons (Fsp3) is 0. The number of carbonyl (C=O) groups excluding carboxylic acids is 1. The second-order valence-electron chi connectivity index (χ2n) is 5.09. The number of rotatable bonds is 3. The van der Waals surface area contributed by atoms with Crippen LogP contribution in [0.4, 0.5) is 5.69 Å². The summed E-state index contributed by atoms with van der Waals surface area (Å²) in [6.07, 6.45) is 5.50. The number of aromatic nitrogens is 3. The lowest BCUT2D eigenvalue weighted by atomic mass is 10.1. The van der Waals surface area contributed by atoms with Crippen LogP contribution in [0.25, 0.3) is 17.0 Å². The van der Waals surface area contributed by atoms with Gasteiger partial charge in [-0.2, -0.15) is 0 Å². The minimum absolute atomic E-state index is 0.180. The van der Waals surface area contributed by atoms with Crippen molar-refractivity contribution in [2.45, 2.75) is 0 Å². The second-order valence-corrected chi connectivity index (χ2v) is 6.81. The van der Waals surface area contributed by atoms with E-state index in [1.165, 1.54) is 11.3 Å². The number of thiophene rings is 1. The summed E-state index contributed by atoms with van der Waals surface area (Å²) in [5.74, 6) is 0.455. The normalized spacial score (nSPS) is 10.9. The van der Waals surface area contributed by atoms with Gasteiger partial charge in [-0.1, -0.05) is 23.7 Å². The number of nitrogens with zero attached hydrogens (tertiary/aromatic N) is 3. The Balaban J connectivity index is 1.62. The topological polar surface area (TPSA) is 59.3 Å². The van der Waals surface area contributed by atoms with Gasteiger partial charge in [-0.05, 0) is 30.3 Å². The van der Waals surface area contributed by atoms with Crippen molar-refractivity contribution in [2.75, 3.05) is 5.32 Å². The molecule has 0 bridgehead atoms. The van der Waals surface area contributed by atoms with Crippen LogP contribution in [-0.4, -0.2) is 20.3 Å². The predicted octanol–water partition coefficient (Wildman–Crippen LogP) is 4.36. The fourth-order valence-electron chi connectivity index (χ4n) is 2.35. The highest BCUT2D eigenvalue weighted by molar-refractivity contribution is 7.18. The molecule has 4 rings (SSSR count). The monoisotopic (exact) mass is 354 g/mol. The van der Waals surface area contributed by atoms with E-state index in [4.69, 9.17) is 11.6 Å². The average Bonchev–Trinajstić information content (AvgIpc) is 3.21. The molecule has 3 heterocycles. The molecule has 118 valence electrons. The van der Waals surface area contributed by atoms with Gasteiger partial charge in [0.25, 0.3) is 5.91 Å². The van der Waals surface area contributed by atoms with Crippen molar-refractivity contribution in [2.24, 2.45) is 0 Å². The van der Waals surface area contributed by atoms with Crippen LogP contribution in [0.2, 0.25) is 4.34 Å². The van der Waals surface area contributed by atoms with Gasteiger partial charge in [0.15, 0.2) is 0 Å². The van der Waals surface area contributed by atoms with Crippen molar-refractivity contribution in [3.05, 3.63) is 70.3 Å². The number of imidazole rings is 1. The standard InChI is InChI=1S/C17H11ClN4OS/c18-15-6-5-14(24-15)16(23)20-12-4-1-3-11(9-12)13-10-22-8-2-7-19-17(22)21-13/h1-10H,(H,20,23). The number of carbonyl (C=O) groups is 1. The molecule has 0 radical (unpaired) electrons. The molecule has 24 heavy (non-hydrogen) atoms. The molecule has 1 N–H and O–H groups in total. The van der Waals surface area contributed by atoms with Crippen LogP contribution in [0.1, 0.15) is 9.67 Å². The smallest absolute Gasteiger partial charge is 0.265 e. The molecule has 0 spiro atoms. The van der Waals surface area contributed by atoms with Crippen molar-refractivity contribution >= 4 is 40.3 Å². The molecular weight excluding hydrogens is 344 g/mol. The lowest BCUT2D eigenvalue weighted by molar-refractivity contribution is 0.103. The molecule has 1 aromatic carbocycles. The molecule has 3 aromatic heterocycles. The van der Waals surface area contributed by atoms with E-state index in [2.05, 4.69) is 15.3 Å². The van der Waals surface area contributed by atoms with Crippen molar-refractivity contribution in [1.82, 2.24) is 14.4 Å². The zero-order chi connectivity index (χ0) is 16.5. The molecule has 0 aliphatic rings. The fourth-order valence-corrected chi connectivity index (χ4v) is 3.29. The van der Waals surface area contributed by atoms with Crippen LogP contribution in [0, 0.1) is 0 Å². The molecular formula is C17H11ClN4OS. The van der Waals surface area contributed by atoms with Gasteiger partial charge >= 0.3 is 0 Å². The Labute approximate surface area is 146 Å². The molecule has 0 atom stereocenters. The molecule has 1 amide bonds. The van der Waals surface area contributed by atoms with Crippen LogP contribution in [0.5, 0.6) is 0 Å². The van der Waals surface area contributed by atoms with E-state index < -0.39 is 0 Å². The van der Waals surface area contributed by atoms with E-state index in [0.29, 0.717) is 20.7 Å². The third-order valence-corrected chi connectivity index (χ3v) is 4.68. The zero-order valence-corrected chi connectivity index (χ0v) is 13.9. The third-order valence-electron chi connectivity index (χ3n) is 3.45. The SMILES string of the molecule is O=C(Nc1cccc(-c2cn3cccnc3n2)c1)c1ccc(Cl)s1. The van der Waals surface area contributed by atoms with E-state index in [1.54, 1.807) is 18.3 Å². The first-order chi connectivity index (χ1) is 11.7. The Hall–Kier alpha value is -2.70. The first-order valence-corrected chi connectivity index (χ1v) is 8.35. The van der Waals surface area contributed by atoms with Crippen molar-refractivity contribution in [3.63, 3.8) is 0 Å². The molecule has 0 aliphatic carbocycles. The first-order valence-electron chi connectivity index (χ1n) is 7.16. The zero-order valence-electron chi connectivity index (χ0n) is 12.3. The summed E-state index contributed by atoms with van der Waals surface area (Å²) in [4.78, 5) is 21.5. The van der Waals surface area contributed by atoms with Gasteiger partial charge in [0.05, 0.1) is 14.9 Å². The molecule has 0 fully saturated rings. The molecule has 0 saturated carbocycles. The van der Waals surface area contributed by atoms with Gasteiger partial charge in [0, 0.05) is 29.8 Å². The van der Waals surface area contributed by atoms with Gasteiger partial charge in [-0.25, -0.2) is 9.97 Å². The van der Waals surface area contributed by atoms with Gasteiger partial charge < -0.3 is 5.32 Å². The number of halogens is 1. The van der Waals surface area contributed by atoms with E-state index in [1.807, 2.05) is 47.1 Å². The maximum atomic E-state index is 12.2. The second kappa shape index (κ2) is 6.07. The Morgan fingerprint density at radius 1 is 1.21 bits per heavy atom. The minimum atomic E-state index is -0.180. The summed E-state index contributed by atoms with van der Waals surface area (Å²) in [7, 11) is 0. The van der Waals surface area contributed by atoms with Crippen molar-refractivity contribution in [1.29, 1.82) is 0 Å². The van der Waals surface area contributed by atoms with E-state index in [9.17, 15) is 4.79 Å². The summed E-state index contributed by atoms with van der Waals surface area (Å²) < 4.78 is 2.44. The van der Waals surface area contributed by atoms with Gasteiger partial charge in [-0.3, -0.25) is 9.20 Å². The minimum Gasteiger partial charge on any atom is -0.321 e. The van der Waals surface area contributed by atoms with Crippen LogP contribution in [-0.2, 0) is 0 Å². The van der Waals surface area contributed by atoms with E-state index >= 15 is 0 Å². The van der Waals surface area contributed by atoms with Crippen LogP contribution >= 0.6 is 22.9 Å². The lowest BCUT2D eigenvalue weighted by Crippen LogP contribution is -2.09. The molecule has 5 nitrogen and oxygen atoms in total. The number of benzene rings is 1. The Morgan fingerprint density at radius 2 is 2.12 bits per heavy atom. The van der Waals surface area contributed by atoms with Crippen LogP contribution in [0.3, 0.4) is 0 Å². The highest BCUT2D eigenvalue weighted by Crippen LogP contribution is 2.25. The van der Waals surface area contributed by atoms with Crippen molar-refractivity contribution < 1.29 is 4.79 Å². The molecule has 0 aliphatic heterocycles. The number of fused-ring (bicyclic) bond motifs is 1. The summed E-state index contributed by atoms with van der Waals surface area (Å²) in [5.41, 5.74) is 2.40. The number of amides is 1. The third kappa shape index (κ3) is 2.89. The number of nitrogens with one attached hydrogen (secondary N) is 1. The molecule has 7 heteroatoms. The Bertz CT molecular complexity index is 1010. The molecule has 0 saturated heterocycles. The maximum Gasteiger partial charge on any atom is 0.265 e. The van der Waals surface area contributed by atoms with Gasteiger partial charge in [-0.15, -0.1) is 11.3 Å². The number of hydrogen-bond donors (Lipinski definition) is 1. The lowest BCUT2D eigenvalue weighted by Gasteiger charge is -2.05. The first kappa shape index (κ1) is 14.9. The van der Waals surface area contributed by atoms with Crippen molar-refractivity contribution in [3.8, 4) is 11.3 Å². The quantitative estimate of drug-likeness (QED) is 0.594. The number of hydrogen-bond acceptors (Lipinski definition) is 4. The van der Waals surface area contributed by atoms with Crippen LogP contribution < -0.4 is 5.32 Å².